The van der Waals surface area contributed by atoms with Gasteiger partial charge in [0.05, 0.1) is 5.56 Å². The molecule has 0 aliphatic rings. The van der Waals surface area contributed by atoms with Crippen LogP contribution in [0.25, 0.3) is 0 Å². The molecular weight excluding hydrogens is 450 g/mol. The van der Waals surface area contributed by atoms with Crippen molar-refractivity contribution in [2.45, 2.75) is 44.3 Å². The van der Waals surface area contributed by atoms with Crippen molar-refractivity contribution in [3.05, 3.63) is 52.2 Å². The van der Waals surface area contributed by atoms with E-state index in [0.29, 0.717) is 6.92 Å². The standard InChI is InChI=1S/C20H17ClF6N2O2/c1-11(14-9-13(21)5-6-15(14)19(22,23)24)31-16-8-12(10-29-17(16)28)4-3-7-18(2,30)20(25,26)27/h5-6,8-11,30H,7H2,1-2H3,(H2,28,29)/t11-,18?/m1/s1. The number of benzene rings is 1. The van der Waals surface area contributed by atoms with Gasteiger partial charge in [0.2, 0.25) is 0 Å². The average Bonchev–Trinajstić information content (AvgIpc) is 2.62. The summed E-state index contributed by atoms with van der Waals surface area (Å²) in [6.45, 7) is 1.93. The molecule has 2 atom stereocenters. The fourth-order valence-corrected chi connectivity index (χ4v) is 2.60. The number of anilines is 1. The predicted octanol–water partition coefficient (Wildman–Crippen LogP) is 5.53. The molecule has 1 unspecified atom stereocenters. The Kier molecular flexibility index (Phi) is 7.03. The molecule has 2 aromatic rings. The van der Waals surface area contributed by atoms with E-state index >= 15 is 0 Å². The van der Waals surface area contributed by atoms with Gasteiger partial charge in [0, 0.05) is 34.8 Å². The second kappa shape index (κ2) is 8.85. The Morgan fingerprint density at radius 3 is 2.42 bits per heavy atom. The first-order valence-corrected chi connectivity index (χ1v) is 9.06. The van der Waals surface area contributed by atoms with E-state index < -0.39 is 36.0 Å². The van der Waals surface area contributed by atoms with E-state index in [2.05, 4.69) is 16.8 Å². The third-order valence-corrected chi connectivity index (χ3v) is 4.45. The van der Waals surface area contributed by atoms with Crippen molar-refractivity contribution in [2.24, 2.45) is 0 Å². The summed E-state index contributed by atoms with van der Waals surface area (Å²) in [6.07, 6.45) is -10.4. The number of ether oxygens (including phenoxy) is 1. The molecule has 4 nitrogen and oxygen atoms in total. The van der Waals surface area contributed by atoms with Crippen LogP contribution in [0.15, 0.2) is 30.5 Å². The molecule has 168 valence electrons. The predicted molar refractivity (Wildman–Crippen MR) is 102 cm³/mol. The molecule has 0 spiro atoms. The molecule has 1 heterocycles. The second-order valence-electron chi connectivity index (χ2n) is 6.85. The normalized spacial score (nSPS) is 14.9. The maximum atomic E-state index is 13.3. The Morgan fingerprint density at radius 2 is 1.84 bits per heavy atom. The Bertz CT molecular complexity index is 1010. The minimum absolute atomic E-state index is 0.0703. The van der Waals surface area contributed by atoms with Crippen LogP contribution in [0.1, 0.15) is 43.1 Å². The fourth-order valence-electron chi connectivity index (χ4n) is 2.42. The van der Waals surface area contributed by atoms with Crippen molar-refractivity contribution in [1.82, 2.24) is 4.98 Å². The van der Waals surface area contributed by atoms with Gasteiger partial charge in [0.1, 0.15) is 6.10 Å². The molecule has 1 aromatic carbocycles. The van der Waals surface area contributed by atoms with Crippen LogP contribution in [0.4, 0.5) is 32.2 Å². The van der Waals surface area contributed by atoms with Gasteiger partial charge in [-0.15, -0.1) is 0 Å². The number of aromatic nitrogens is 1. The summed E-state index contributed by atoms with van der Waals surface area (Å²) < 4.78 is 83.4. The number of nitrogens with zero attached hydrogens (tertiary/aromatic N) is 1. The SMILES string of the molecule is C[C@@H](Oc1cc(C#CCC(C)(O)C(F)(F)F)cnc1N)c1cc(Cl)ccc1C(F)(F)F. The molecular formula is C20H17ClF6N2O2. The van der Waals surface area contributed by atoms with E-state index in [1.54, 1.807) is 0 Å². The summed E-state index contributed by atoms with van der Waals surface area (Å²) in [5, 5.41) is 9.47. The molecule has 0 saturated heterocycles. The molecule has 0 amide bonds. The van der Waals surface area contributed by atoms with Crippen LogP contribution in [0.5, 0.6) is 5.75 Å². The van der Waals surface area contributed by atoms with Crippen LogP contribution in [0.3, 0.4) is 0 Å². The number of nitrogens with two attached hydrogens (primary N) is 1. The van der Waals surface area contributed by atoms with Gasteiger partial charge in [-0.05, 0) is 32.0 Å². The third-order valence-electron chi connectivity index (χ3n) is 4.22. The Hall–Kier alpha value is -2.64. The third kappa shape index (κ3) is 6.18. The largest absolute Gasteiger partial charge is 0.482 e. The van der Waals surface area contributed by atoms with Crippen molar-refractivity contribution < 1.29 is 36.2 Å². The maximum Gasteiger partial charge on any atom is 0.417 e. The summed E-state index contributed by atoms with van der Waals surface area (Å²) in [6, 6.07) is 4.27. The molecule has 1 aromatic heterocycles. The second-order valence-corrected chi connectivity index (χ2v) is 7.28. The van der Waals surface area contributed by atoms with Crippen molar-refractivity contribution >= 4 is 17.4 Å². The molecule has 0 fully saturated rings. The van der Waals surface area contributed by atoms with Crippen LogP contribution >= 0.6 is 11.6 Å². The van der Waals surface area contributed by atoms with Gasteiger partial charge in [0.25, 0.3) is 0 Å². The zero-order chi connectivity index (χ0) is 23.6. The van der Waals surface area contributed by atoms with E-state index in [0.717, 1.165) is 24.4 Å². The first kappa shape index (κ1) is 24.6. The van der Waals surface area contributed by atoms with E-state index in [-0.39, 0.29) is 27.7 Å². The van der Waals surface area contributed by atoms with Crippen molar-refractivity contribution in [3.8, 4) is 17.6 Å². The number of halogens is 7. The lowest BCUT2D eigenvalue weighted by Gasteiger charge is -2.23. The molecule has 11 heteroatoms. The minimum Gasteiger partial charge on any atom is -0.482 e. The maximum absolute atomic E-state index is 13.3. The Balaban J connectivity index is 2.29. The lowest BCUT2D eigenvalue weighted by Crippen LogP contribution is -2.41. The lowest BCUT2D eigenvalue weighted by atomic mass is 10.0. The van der Waals surface area contributed by atoms with E-state index in [9.17, 15) is 31.4 Å². The highest BCUT2D eigenvalue weighted by molar-refractivity contribution is 6.30. The summed E-state index contributed by atoms with van der Waals surface area (Å²) in [5.41, 5.74) is 1.61. The van der Waals surface area contributed by atoms with Gasteiger partial charge < -0.3 is 15.6 Å². The van der Waals surface area contributed by atoms with Gasteiger partial charge in [-0.25, -0.2) is 4.98 Å². The number of rotatable bonds is 4. The van der Waals surface area contributed by atoms with Crippen LogP contribution < -0.4 is 10.5 Å². The molecule has 2 rings (SSSR count). The monoisotopic (exact) mass is 466 g/mol. The van der Waals surface area contributed by atoms with Gasteiger partial charge in [-0.2, -0.15) is 26.3 Å². The number of pyridine rings is 1. The first-order valence-electron chi connectivity index (χ1n) is 8.68. The van der Waals surface area contributed by atoms with Gasteiger partial charge in [0.15, 0.2) is 17.2 Å². The van der Waals surface area contributed by atoms with Crippen LogP contribution in [0, 0.1) is 11.8 Å². The number of hydrogen-bond acceptors (Lipinski definition) is 4. The molecule has 31 heavy (non-hydrogen) atoms. The van der Waals surface area contributed by atoms with Crippen LogP contribution in [-0.2, 0) is 6.18 Å². The minimum atomic E-state index is -4.86. The van der Waals surface area contributed by atoms with Crippen molar-refractivity contribution in [1.29, 1.82) is 0 Å². The Morgan fingerprint density at radius 1 is 1.19 bits per heavy atom. The molecule has 0 bridgehead atoms. The van der Waals surface area contributed by atoms with E-state index in [4.69, 9.17) is 22.1 Å². The molecule has 0 aliphatic carbocycles. The highest BCUT2D eigenvalue weighted by Gasteiger charge is 2.49. The topological polar surface area (TPSA) is 68.4 Å². The summed E-state index contributed by atoms with van der Waals surface area (Å²) in [7, 11) is 0. The average molecular weight is 467 g/mol. The van der Waals surface area contributed by atoms with E-state index in [1.807, 2.05) is 0 Å². The highest BCUT2D eigenvalue weighted by Crippen LogP contribution is 2.38. The zero-order valence-corrected chi connectivity index (χ0v) is 17.0. The van der Waals surface area contributed by atoms with Gasteiger partial charge in [-0.1, -0.05) is 23.4 Å². The Labute approximate surface area is 179 Å². The molecule has 0 aliphatic heterocycles. The summed E-state index contributed by atoms with van der Waals surface area (Å²) in [5.74, 6) is 4.31. The molecule has 0 radical (unpaired) electrons. The fraction of sp³-hybridized carbons (Fsp3) is 0.350. The number of nitrogen functional groups attached to an aromatic ring is 1. The number of alkyl halides is 6. The van der Waals surface area contributed by atoms with Gasteiger partial charge >= 0.3 is 12.4 Å². The molecule has 3 N–H and O–H groups in total. The van der Waals surface area contributed by atoms with Crippen molar-refractivity contribution in [2.75, 3.05) is 5.73 Å². The van der Waals surface area contributed by atoms with Gasteiger partial charge in [-0.3, -0.25) is 0 Å². The highest BCUT2D eigenvalue weighted by atomic mass is 35.5. The zero-order valence-electron chi connectivity index (χ0n) is 16.2. The van der Waals surface area contributed by atoms with Crippen molar-refractivity contribution in [3.63, 3.8) is 0 Å². The quantitative estimate of drug-likeness (QED) is 0.459. The smallest absolute Gasteiger partial charge is 0.417 e. The van der Waals surface area contributed by atoms with E-state index in [1.165, 1.54) is 13.0 Å². The van der Waals surface area contributed by atoms with Crippen LogP contribution in [-0.4, -0.2) is 21.9 Å². The lowest BCUT2D eigenvalue weighted by molar-refractivity contribution is -0.250. The van der Waals surface area contributed by atoms with Crippen LogP contribution in [0.2, 0.25) is 5.02 Å². The summed E-state index contributed by atoms with van der Waals surface area (Å²) in [4.78, 5) is 3.80. The number of hydrogen-bond donors (Lipinski definition) is 2. The molecule has 0 saturated carbocycles. The first-order chi connectivity index (χ1) is 14.1. The number of aliphatic hydroxyl groups is 1. The summed E-state index contributed by atoms with van der Waals surface area (Å²) >= 11 is 5.82.